The summed E-state index contributed by atoms with van der Waals surface area (Å²) < 4.78 is 4.86. The summed E-state index contributed by atoms with van der Waals surface area (Å²) >= 11 is 2.02. The predicted octanol–water partition coefficient (Wildman–Crippen LogP) is 0.624. The van der Waals surface area contributed by atoms with Crippen LogP contribution in [0.2, 0.25) is 0 Å². The van der Waals surface area contributed by atoms with Crippen molar-refractivity contribution in [3.05, 3.63) is 0 Å². The molecule has 1 aliphatic heterocycles. The number of amides is 1. The van der Waals surface area contributed by atoms with Gasteiger partial charge in [-0.15, -0.1) is 0 Å². The highest BCUT2D eigenvalue weighted by molar-refractivity contribution is 7.99. The SMILES string of the molecule is COCCNC(=O)CCNC1CCSCC1. The first-order chi connectivity index (χ1) is 7.83. The van der Waals surface area contributed by atoms with E-state index in [1.165, 1.54) is 24.3 Å². The van der Waals surface area contributed by atoms with E-state index in [9.17, 15) is 4.79 Å². The molecule has 5 heteroatoms. The van der Waals surface area contributed by atoms with E-state index in [2.05, 4.69) is 10.6 Å². The highest BCUT2D eigenvalue weighted by Gasteiger charge is 2.12. The number of nitrogens with one attached hydrogen (secondary N) is 2. The Morgan fingerprint density at radius 1 is 1.38 bits per heavy atom. The molecule has 1 rings (SSSR count). The smallest absolute Gasteiger partial charge is 0.221 e. The minimum absolute atomic E-state index is 0.106. The molecule has 0 radical (unpaired) electrons. The summed E-state index contributed by atoms with van der Waals surface area (Å²) in [6, 6.07) is 0.619. The molecule has 0 spiro atoms. The third-order valence-electron chi connectivity index (χ3n) is 2.63. The Hall–Kier alpha value is -0.260. The summed E-state index contributed by atoms with van der Waals surface area (Å²) in [6.07, 6.45) is 3.03. The molecule has 0 aromatic rings. The molecule has 0 aromatic carbocycles. The van der Waals surface area contributed by atoms with E-state index in [-0.39, 0.29) is 5.91 Å². The normalized spacial score (nSPS) is 17.3. The molecule has 1 amide bonds. The van der Waals surface area contributed by atoms with Gasteiger partial charge in [0.2, 0.25) is 5.91 Å². The van der Waals surface area contributed by atoms with Gasteiger partial charge in [-0.2, -0.15) is 11.8 Å². The van der Waals surface area contributed by atoms with Crippen molar-refractivity contribution in [2.75, 3.05) is 38.3 Å². The van der Waals surface area contributed by atoms with Crippen molar-refractivity contribution in [2.45, 2.75) is 25.3 Å². The quantitative estimate of drug-likeness (QED) is 0.647. The molecule has 0 bridgehead atoms. The van der Waals surface area contributed by atoms with Gasteiger partial charge < -0.3 is 15.4 Å². The van der Waals surface area contributed by atoms with Crippen LogP contribution in [0.25, 0.3) is 0 Å². The van der Waals surface area contributed by atoms with Crippen LogP contribution in [0.5, 0.6) is 0 Å². The molecule has 1 heterocycles. The van der Waals surface area contributed by atoms with E-state index < -0.39 is 0 Å². The number of methoxy groups -OCH3 is 1. The number of carbonyl (C=O) groups is 1. The topological polar surface area (TPSA) is 50.4 Å². The number of hydrogen-bond acceptors (Lipinski definition) is 4. The molecule has 1 fully saturated rings. The van der Waals surface area contributed by atoms with Gasteiger partial charge in [-0.1, -0.05) is 0 Å². The number of ether oxygens (including phenoxy) is 1. The van der Waals surface area contributed by atoms with E-state index in [1.807, 2.05) is 11.8 Å². The molecule has 0 unspecified atom stereocenters. The fourth-order valence-electron chi connectivity index (χ4n) is 1.67. The van der Waals surface area contributed by atoms with Crippen molar-refractivity contribution in [2.24, 2.45) is 0 Å². The number of thioether (sulfide) groups is 1. The second-order valence-electron chi connectivity index (χ2n) is 3.93. The van der Waals surface area contributed by atoms with Gasteiger partial charge in [0, 0.05) is 32.7 Å². The standard InChI is InChI=1S/C11H22N2O2S/c1-15-7-6-13-11(14)2-5-12-10-3-8-16-9-4-10/h10,12H,2-9H2,1H3,(H,13,14). The monoisotopic (exact) mass is 246 g/mol. The van der Waals surface area contributed by atoms with Crippen molar-refractivity contribution in [1.82, 2.24) is 10.6 Å². The van der Waals surface area contributed by atoms with Crippen molar-refractivity contribution in [3.8, 4) is 0 Å². The summed E-state index contributed by atoms with van der Waals surface area (Å²) in [4.78, 5) is 11.3. The van der Waals surface area contributed by atoms with Crippen LogP contribution in [-0.4, -0.2) is 50.3 Å². The molecule has 0 atom stereocenters. The highest BCUT2D eigenvalue weighted by atomic mass is 32.2. The molecular weight excluding hydrogens is 224 g/mol. The summed E-state index contributed by atoms with van der Waals surface area (Å²) in [5.74, 6) is 2.60. The van der Waals surface area contributed by atoms with Crippen molar-refractivity contribution in [1.29, 1.82) is 0 Å². The summed E-state index contributed by atoms with van der Waals surface area (Å²) in [5, 5.41) is 6.25. The Labute approximate surface area is 102 Å². The van der Waals surface area contributed by atoms with Gasteiger partial charge in [0.1, 0.15) is 0 Å². The minimum Gasteiger partial charge on any atom is -0.383 e. The number of carbonyl (C=O) groups excluding carboxylic acids is 1. The van der Waals surface area contributed by atoms with Crippen LogP contribution in [0.15, 0.2) is 0 Å². The third-order valence-corrected chi connectivity index (χ3v) is 3.68. The van der Waals surface area contributed by atoms with Crippen molar-refractivity contribution in [3.63, 3.8) is 0 Å². The molecule has 2 N–H and O–H groups in total. The van der Waals surface area contributed by atoms with E-state index in [1.54, 1.807) is 7.11 Å². The lowest BCUT2D eigenvalue weighted by atomic mass is 10.1. The Balaban J connectivity index is 1.94. The summed E-state index contributed by atoms with van der Waals surface area (Å²) in [7, 11) is 1.63. The summed E-state index contributed by atoms with van der Waals surface area (Å²) in [6.45, 7) is 1.97. The van der Waals surface area contributed by atoms with Gasteiger partial charge in [0.05, 0.1) is 6.61 Å². The average Bonchev–Trinajstić information content (AvgIpc) is 2.31. The second kappa shape index (κ2) is 8.84. The fourth-order valence-corrected chi connectivity index (χ4v) is 2.78. The van der Waals surface area contributed by atoms with E-state index in [0.717, 1.165) is 6.54 Å². The number of rotatable bonds is 7. The van der Waals surface area contributed by atoms with Gasteiger partial charge in [0.25, 0.3) is 0 Å². The maximum atomic E-state index is 11.3. The zero-order valence-electron chi connectivity index (χ0n) is 9.96. The lowest BCUT2D eigenvalue weighted by molar-refractivity contribution is -0.121. The lowest BCUT2D eigenvalue weighted by Crippen LogP contribution is -2.36. The minimum atomic E-state index is 0.106. The molecule has 0 aromatic heterocycles. The molecule has 4 nitrogen and oxygen atoms in total. The molecule has 94 valence electrons. The largest absolute Gasteiger partial charge is 0.383 e. The first-order valence-corrected chi connectivity index (χ1v) is 7.05. The third kappa shape index (κ3) is 6.35. The first kappa shape index (κ1) is 13.8. The van der Waals surface area contributed by atoms with Crippen molar-refractivity contribution >= 4 is 17.7 Å². The average molecular weight is 246 g/mol. The fraction of sp³-hybridized carbons (Fsp3) is 0.909. The lowest BCUT2D eigenvalue weighted by Gasteiger charge is -2.22. The predicted molar refractivity (Wildman–Crippen MR) is 67.9 cm³/mol. The number of hydrogen-bond donors (Lipinski definition) is 2. The molecule has 0 aliphatic carbocycles. The van der Waals surface area contributed by atoms with Crippen LogP contribution in [0.3, 0.4) is 0 Å². The van der Waals surface area contributed by atoms with Crippen LogP contribution in [0, 0.1) is 0 Å². The first-order valence-electron chi connectivity index (χ1n) is 5.89. The van der Waals surface area contributed by atoms with E-state index in [0.29, 0.717) is 25.6 Å². The van der Waals surface area contributed by atoms with Gasteiger partial charge in [0.15, 0.2) is 0 Å². The van der Waals surface area contributed by atoms with Crippen LogP contribution in [0.4, 0.5) is 0 Å². The zero-order chi connectivity index (χ0) is 11.6. The molecule has 16 heavy (non-hydrogen) atoms. The van der Waals surface area contributed by atoms with Crippen LogP contribution in [0.1, 0.15) is 19.3 Å². The van der Waals surface area contributed by atoms with Crippen LogP contribution in [-0.2, 0) is 9.53 Å². The van der Waals surface area contributed by atoms with Crippen molar-refractivity contribution < 1.29 is 9.53 Å². The van der Waals surface area contributed by atoms with E-state index >= 15 is 0 Å². The van der Waals surface area contributed by atoms with Gasteiger partial charge in [-0.05, 0) is 24.3 Å². The van der Waals surface area contributed by atoms with Crippen LogP contribution < -0.4 is 10.6 Å². The van der Waals surface area contributed by atoms with Gasteiger partial charge >= 0.3 is 0 Å². The Morgan fingerprint density at radius 2 is 2.12 bits per heavy atom. The van der Waals surface area contributed by atoms with Gasteiger partial charge in [-0.25, -0.2) is 0 Å². The van der Waals surface area contributed by atoms with E-state index in [4.69, 9.17) is 4.74 Å². The Bertz CT molecular complexity index is 196. The molecule has 0 saturated carbocycles. The highest BCUT2D eigenvalue weighted by Crippen LogP contribution is 2.16. The summed E-state index contributed by atoms with van der Waals surface area (Å²) in [5.41, 5.74) is 0. The maximum Gasteiger partial charge on any atom is 0.221 e. The Kier molecular flexibility index (Phi) is 7.63. The molecule has 1 saturated heterocycles. The maximum absolute atomic E-state index is 11.3. The van der Waals surface area contributed by atoms with Gasteiger partial charge in [-0.3, -0.25) is 4.79 Å². The van der Waals surface area contributed by atoms with Crippen LogP contribution >= 0.6 is 11.8 Å². The zero-order valence-corrected chi connectivity index (χ0v) is 10.8. The molecular formula is C11H22N2O2S. The second-order valence-corrected chi connectivity index (χ2v) is 5.16. The Morgan fingerprint density at radius 3 is 2.81 bits per heavy atom. The molecule has 1 aliphatic rings.